The zero-order chi connectivity index (χ0) is 15.8. The van der Waals surface area contributed by atoms with Crippen LogP contribution in [0.3, 0.4) is 0 Å². The van der Waals surface area contributed by atoms with Gasteiger partial charge in [0.2, 0.25) is 0 Å². The van der Waals surface area contributed by atoms with Gasteiger partial charge in [-0.1, -0.05) is 30.3 Å². The van der Waals surface area contributed by atoms with Crippen molar-refractivity contribution in [2.24, 2.45) is 0 Å². The Morgan fingerprint density at radius 2 is 1.91 bits per heavy atom. The van der Waals surface area contributed by atoms with Gasteiger partial charge < -0.3 is 24.7 Å². The molecule has 2 aliphatic rings. The first kappa shape index (κ1) is 14.6. The van der Waals surface area contributed by atoms with E-state index in [-0.39, 0.29) is 14.1 Å². The molecule has 6 nitrogen and oxygen atoms in total. The summed E-state index contributed by atoms with van der Waals surface area (Å²) in [6.45, 7) is 0.935. The fourth-order valence-corrected chi connectivity index (χ4v) is 3.33. The lowest BCUT2D eigenvalue weighted by Crippen LogP contribution is -2.78. The minimum absolute atomic E-state index is 0.0417. The van der Waals surface area contributed by atoms with Crippen LogP contribution in [0.1, 0.15) is 0 Å². The van der Waals surface area contributed by atoms with E-state index in [2.05, 4.69) is 74.1 Å². The highest BCUT2D eigenvalue weighted by Gasteiger charge is 2.43. The number of fused-ring (bicyclic) bond motifs is 1. The van der Waals surface area contributed by atoms with E-state index in [4.69, 9.17) is 0 Å². The number of benzene rings is 1. The number of nitrogens with one attached hydrogen (secondary N) is 2. The molecule has 2 aliphatic heterocycles. The van der Waals surface area contributed by atoms with Gasteiger partial charge in [-0.05, 0) is 24.6 Å². The van der Waals surface area contributed by atoms with Gasteiger partial charge in [-0.25, -0.2) is 4.98 Å². The summed E-state index contributed by atoms with van der Waals surface area (Å²) in [6, 6.07) is 14.6. The van der Waals surface area contributed by atoms with E-state index in [1.165, 1.54) is 5.46 Å². The SMILES string of the molecule is CN1B(c2ccccc2)N[B]NB1N1CN(C)c2cccnc21. The smallest absolute Gasteiger partial charge is 0.371 e. The summed E-state index contributed by atoms with van der Waals surface area (Å²) in [6.07, 6.45) is 1.85. The third-order valence-electron chi connectivity index (χ3n) is 4.49. The Bertz CT molecular complexity index is 687. The van der Waals surface area contributed by atoms with Gasteiger partial charge in [-0.15, -0.1) is 0 Å². The highest BCUT2D eigenvalue weighted by Crippen LogP contribution is 2.32. The number of rotatable bonds is 2. The number of anilines is 2. The predicted molar refractivity (Wildman–Crippen MR) is 97.4 cm³/mol. The molecular formula is C14H18B3N6. The van der Waals surface area contributed by atoms with Gasteiger partial charge in [-0.3, -0.25) is 0 Å². The molecule has 1 saturated heterocycles. The summed E-state index contributed by atoms with van der Waals surface area (Å²) in [5.74, 6) is 1.02. The van der Waals surface area contributed by atoms with Crippen molar-refractivity contribution < 1.29 is 0 Å². The largest absolute Gasteiger partial charge is 0.415 e. The van der Waals surface area contributed by atoms with E-state index in [9.17, 15) is 0 Å². The second-order valence-electron chi connectivity index (χ2n) is 5.99. The fourth-order valence-electron chi connectivity index (χ4n) is 3.33. The van der Waals surface area contributed by atoms with Gasteiger partial charge in [0.15, 0.2) is 0 Å². The van der Waals surface area contributed by atoms with Crippen molar-refractivity contribution in [1.29, 1.82) is 0 Å². The summed E-state index contributed by atoms with van der Waals surface area (Å²) in [5, 5.41) is 6.82. The van der Waals surface area contributed by atoms with Crippen molar-refractivity contribution >= 4 is 38.6 Å². The Hall–Kier alpha value is -1.96. The van der Waals surface area contributed by atoms with Crippen molar-refractivity contribution in [3.8, 4) is 0 Å². The van der Waals surface area contributed by atoms with Gasteiger partial charge in [0, 0.05) is 13.2 Å². The van der Waals surface area contributed by atoms with Crippen molar-refractivity contribution in [2.45, 2.75) is 0 Å². The monoisotopic (exact) mass is 303 g/mol. The maximum Gasteiger partial charge on any atom is 0.415 e. The quantitative estimate of drug-likeness (QED) is 0.718. The molecule has 0 saturated carbocycles. The molecule has 1 radical (unpaired) electrons. The highest BCUT2D eigenvalue weighted by molar-refractivity contribution is 6.88. The third-order valence-corrected chi connectivity index (χ3v) is 4.49. The van der Waals surface area contributed by atoms with Crippen LogP contribution < -0.4 is 25.5 Å². The van der Waals surface area contributed by atoms with Gasteiger partial charge >= 0.3 is 14.1 Å². The van der Waals surface area contributed by atoms with Crippen molar-refractivity contribution in [2.75, 3.05) is 30.5 Å². The zero-order valence-corrected chi connectivity index (χ0v) is 13.3. The lowest BCUT2D eigenvalue weighted by Gasteiger charge is -2.40. The molecule has 0 unspecified atom stereocenters. The van der Waals surface area contributed by atoms with E-state index in [0.717, 1.165) is 18.2 Å². The van der Waals surface area contributed by atoms with Gasteiger partial charge in [0.25, 0.3) is 7.55 Å². The number of pyridine rings is 1. The first-order valence-corrected chi connectivity index (χ1v) is 7.79. The van der Waals surface area contributed by atoms with E-state index >= 15 is 0 Å². The number of hydrogen-bond acceptors (Lipinski definition) is 6. The van der Waals surface area contributed by atoms with Crippen molar-refractivity contribution in [3.05, 3.63) is 48.7 Å². The van der Waals surface area contributed by atoms with Crippen molar-refractivity contribution in [1.82, 2.24) is 20.0 Å². The summed E-state index contributed by atoms with van der Waals surface area (Å²) >= 11 is 0. The fraction of sp³-hybridized carbons (Fsp3) is 0.214. The maximum absolute atomic E-state index is 4.58. The summed E-state index contributed by atoms with van der Waals surface area (Å²) < 4.78 is 2.28. The topological polar surface area (TPSA) is 46.7 Å². The van der Waals surface area contributed by atoms with Gasteiger partial charge in [0.05, 0.1) is 12.4 Å². The Labute approximate surface area is 138 Å². The molecule has 2 aromatic rings. The minimum Gasteiger partial charge on any atom is -0.371 e. The van der Waals surface area contributed by atoms with Crippen LogP contribution in [0, 0.1) is 0 Å². The first-order chi connectivity index (χ1) is 11.3. The van der Waals surface area contributed by atoms with Crippen LogP contribution >= 0.6 is 0 Å². The van der Waals surface area contributed by atoms with Crippen LogP contribution in [0.25, 0.3) is 0 Å². The average molecular weight is 303 g/mol. The van der Waals surface area contributed by atoms with Crippen molar-refractivity contribution in [3.63, 3.8) is 0 Å². The second kappa shape index (κ2) is 5.92. The molecule has 2 N–H and O–H groups in total. The normalized spacial score (nSPS) is 18.2. The number of hydrogen-bond donors (Lipinski definition) is 2. The molecule has 0 bridgehead atoms. The van der Waals surface area contributed by atoms with Crippen LogP contribution in [0.5, 0.6) is 0 Å². The van der Waals surface area contributed by atoms with E-state index in [0.29, 0.717) is 0 Å². The van der Waals surface area contributed by atoms with Gasteiger partial charge in [0.1, 0.15) is 5.82 Å². The summed E-state index contributed by atoms with van der Waals surface area (Å²) in [4.78, 5) is 9.08. The van der Waals surface area contributed by atoms with Crippen LogP contribution in [-0.4, -0.2) is 52.1 Å². The van der Waals surface area contributed by atoms with E-state index in [1.54, 1.807) is 0 Å². The van der Waals surface area contributed by atoms with E-state index in [1.807, 2.05) is 25.9 Å². The predicted octanol–water partition coefficient (Wildman–Crippen LogP) is -0.666. The Morgan fingerprint density at radius 3 is 2.74 bits per heavy atom. The molecule has 113 valence electrons. The molecule has 1 aromatic carbocycles. The Morgan fingerprint density at radius 1 is 1.09 bits per heavy atom. The minimum atomic E-state index is 0.0417. The molecule has 0 atom stereocenters. The van der Waals surface area contributed by atoms with Crippen LogP contribution in [-0.2, 0) is 0 Å². The molecule has 1 fully saturated rings. The average Bonchev–Trinajstić information content (AvgIpc) is 2.93. The molecule has 23 heavy (non-hydrogen) atoms. The maximum atomic E-state index is 4.58. The number of nitrogens with zero attached hydrogens (tertiary/aromatic N) is 4. The van der Waals surface area contributed by atoms with Crippen LogP contribution in [0.2, 0.25) is 0 Å². The van der Waals surface area contributed by atoms with Gasteiger partial charge in [-0.2, -0.15) is 0 Å². The van der Waals surface area contributed by atoms with E-state index < -0.39 is 0 Å². The Balaban J connectivity index is 1.63. The Kier molecular flexibility index (Phi) is 3.76. The third kappa shape index (κ3) is 2.50. The molecule has 0 aliphatic carbocycles. The zero-order valence-electron chi connectivity index (χ0n) is 13.3. The molecule has 3 heterocycles. The second-order valence-corrected chi connectivity index (χ2v) is 5.99. The lowest BCUT2D eigenvalue weighted by atomic mass is 9.54. The lowest BCUT2D eigenvalue weighted by molar-refractivity contribution is 0.741. The molecule has 1 aromatic heterocycles. The molecule has 9 heteroatoms. The summed E-state index contributed by atoms with van der Waals surface area (Å²) in [7, 11) is 6.19. The van der Waals surface area contributed by atoms with Crippen LogP contribution in [0.15, 0.2) is 48.7 Å². The highest BCUT2D eigenvalue weighted by atomic mass is 15.4. The van der Waals surface area contributed by atoms with Crippen LogP contribution in [0.4, 0.5) is 11.5 Å². The molecular weight excluding hydrogens is 285 g/mol. The first-order valence-electron chi connectivity index (χ1n) is 7.79. The summed E-state index contributed by atoms with van der Waals surface area (Å²) in [5.41, 5.74) is 2.41. The molecule has 0 amide bonds. The number of aromatic nitrogens is 1. The molecule has 0 spiro atoms. The standard InChI is InChI=1S/C14H18B3N6/c1-21-11-23(14-13(21)9-6-10-18-14)17-20-15-19-16(22(17)2)12-7-4-3-5-8-12/h3-10,19-20H,11H2,1-2H3. The molecule has 4 rings (SSSR count).